The lowest BCUT2D eigenvalue weighted by Gasteiger charge is -2.11. The van der Waals surface area contributed by atoms with Crippen molar-refractivity contribution < 1.29 is 18.4 Å². The van der Waals surface area contributed by atoms with Gasteiger partial charge in [-0.05, 0) is 84.3 Å². The molecule has 0 aliphatic carbocycles. The van der Waals surface area contributed by atoms with E-state index < -0.39 is 15.9 Å². The number of anilines is 2. The summed E-state index contributed by atoms with van der Waals surface area (Å²) >= 11 is 1.43. The first kappa shape index (κ1) is 25.0. The average Bonchev–Trinajstić information content (AvgIpc) is 3.28. The third kappa shape index (κ3) is 6.13. The Morgan fingerprint density at radius 2 is 1.58 bits per heavy atom. The van der Waals surface area contributed by atoms with E-state index in [0.717, 1.165) is 20.7 Å². The zero-order valence-electron chi connectivity index (χ0n) is 19.4. The molecule has 1 heterocycles. The van der Waals surface area contributed by atoms with Gasteiger partial charge in [0, 0.05) is 41.1 Å². The van der Waals surface area contributed by atoms with E-state index in [9.17, 15) is 13.2 Å². The van der Waals surface area contributed by atoms with E-state index in [1.165, 1.54) is 35.0 Å². The summed E-state index contributed by atoms with van der Waals surface area (Å²) in [7, 11) is 0.101. The number of nitrogens with one attached hydrogen (secondary N) is 2. The predicted molar refractivity (Wildman–Crippen MR) is 143 cm³/mol. The molecule has 0 spiro atoms. The molecule has 0 aliphatic heterocycles. The molecule has 0 unspecified atom stereocenters. The van der Waals surface area contributed by atoms with Gasteiger partial charge in [-0.15, -0.1) is 11.3 Å². The Labute approximate surface area is 212 Å². The standard InChI is InChI=1S/C25H23N5O4S2/c1-30(2)21-8-3-18(4-9-21)26-27-19-5-11-23(12-6-19)36(33,34)29-20-7-13-24-17(15-20)16-22(35-24)10-14-25(31)28-32/h3-16,29,32H,1-2H3,(H,28,31)/b14-10+,27-26?. The first-order chi connectivity index (χ1) is 17.2. The van der Waals surface area contributed by atoms with Crippen molar-refractivity contribution in [2.75, 3.05) is 23.7 Å². The van der Waals surface area contributed by atoms with Crippen LogP contribution in [-0.2, 0) is 14.8 Å². The van der Waals surface area contributed by atoms with Gasteiger partial charge < -0.3 is 4.90 Å². The van der Waals surface area contributed by atoms with E-state index >= 15 is 0 Å². The number of amides is 1. The van der Waals surface area contributed by atoms with Crippen LogP contribution in [-0.4, -0.2) is 33.6 Å². The first-order valence-electron chi connectivity index (χ1n) is 10.7. The molecule has 11 heteroatoms. The Hall–Kier alpha value is -4.06. The van der Waals surface area contributed by atoms with Crippen molar-refractivity contribution in [3.63, 3.8) is 0 Å². The molecule has 1 aromatic heterocycles. The van der Waals surface area contributed by atoms with Gasteiger partial charge in [-0.1, -0.05) is 0 Å². The van der Waals surface area contributed by atoms with Crippen LogP contribution in [0.5, 0.6) is 0 Å². The number of carbonyl (C=O) groups excluding carboxylic acids is 1. The molecule has 0 atom stereocenters. The van der Waals surface area contributed by atoms with Crippen molar-refractivity contribution in [3.05, 3.63) is 83.7 Å². The lowest BCUT2D eigenvalue weighted by molar-refractivity contribution is -0.124. The minimum absolute atomic E-state index is 0.0980. The number of fused-ring (bicyclic) bond motifs is 1. The Balaban J connectivity index is 1.45. The third-order valence-corrected chi connectivity index (χ3v) is 7.57. The van der Waals surface area contributed by atoms with Gasteiger partial charge in [0.25, 0.3) is 15.9 Å². The molecule has 4 rings (SSSR count). The van der Waals surface area contributed by atoms with Crippen molar-refractivity contribution in [2.24, 2.45) is 10.2 Å². The fraction of sp³-hybridized carbons (Fsp3) is 0.0800. The van der Waals surface area contributed by atoms with Crippen molar-refractivity contribution in [2.45, 2.75) is 4.90 Å². The SMILES string of the molecule is CN(C)c1ccc(N=Nc2ccc(S(=O)(=O)Nc3ccc4sc(/C=C/C(=O)NO)cc4c3)cc2)cc1. The van der Waals surface area contributed by atoms with Gasteiger partial charge in [0.15, 0.2) is 0 Å². The highest BCUT2D eigenvalue weighted by Gasteiger charge is 2.15. The molecular weight excluding hydrogens is 498 g/mol. The van der Waals surface area contributed by atoms with Crippen LogP contribution in [0.1, 0.15) is 4.88 Å². The molecular formula is C25H23N5O4S2. The molecule has 4 aromatic rings. The predicted octanol–water partition coefficient (Wildman–Crippen LogP) is 5.70. The Morgan fingerprint density at radius 1 is 0.944 bits per heavy atom. The highest BCUT2D eigenvalue weighted by molar-refractivity contribution is 7.92. The molecule has 9 nitrogen and oxygen atoms in total. The number of benzene rings is 3. The summed E-state index contributed by atoms with van der Waals surface area (Å²) in [5.41, 5.74) is 4.22. The van der Waals surface area contributed by atoms with Crippen molar-refractivity contribution >= 4 is 66.2 Å². The van der Waals surface area contributed by atoms with Crippen LogP contribution in [0.25, 0.3) is 16.2 Å². The number of sulfonamides is 1. The van der Waals surface area contributed by atoms with Crippen LogP contribution in [0.4, 0.5) is 22.7 Å². The number of carbonyl (C=O) groups is 1. The van der Waals surface area contributed by atoms with Crippen LogP contribution in [0.3, 0.4) is 0 Å². The summed E-state index contributed by atoms with van der Waals surface area (Å²) in [5, 5.41) is 17.8. The molecule has 0 fully saturated rings. The van der Waals surface area contributed by atoms with Crippen molar-refractivity contribution in [1.29, 1.82) is 0 Å². The Kier molecular flexibility index (Phi) is 7.44. The molecule has 0 aliphatic rings. The van der Waals surface area contributed by atoms with E-state index in [-0.39, 0.29) is 4.90 Å². The maximum Gasteiger partial charge on any atom is 0.267 e. The van der Waals surface area contributed by atoms with Crippen LogP contribution in [0.15, 0.2) is 94.0 Å². The molecule has 3 aromatic carbocycles. The second kappa shape index (κ2) is 10.7. The summed E-state index contributed by atoms with van der Waals surface area (Å²) < 4.78 is 29.3. The van der Waals surface area contributed by atoms with Crippen LogP contribution in [0.2, 0.25) is 0 Å². The van der Waals surface area contributed by atoms with Crippen molar-refractivity contribution in [1.82, 2.24) is 5.48 Å². The van der Waals surface area contributed by atoms with Gasteiger partial charge in [0.2, 0.25) is 0 Å². The number of nitrogens with zero attached hydrogens (tertiary/aromatic N) is 3. The highest BCUT2D eigenvalue weighted by Crippen LogP contribution is 2.30. The lowest BCUT2D eigenvalue weighted by Crippen LogP contribution is -2.14. The molecule has 0 saturated heterocycles. The molecule has 3 N–H and O–H groups in total. The summed E-state index contributed by atoms with van der Waals surface area (Å²) in [4.78, 5) is 14.0. The quantitative estimate of drug-likeness (QED) is 0.119. The van der Waals surface area contributed by atoms with E-state index in [1.54, 1.807) is 36.4 Å². The second-order valence-corrected chi connectivity index (χ2v) is 10.7. The molecule has 36 heavy (non-hydrogen) atoms. The minimum Gasteiger partial charge on any atom is -0.378 e. The van der Waals surface area contributed by atoms with Gasteiger partial charge in [0.05, 0.1) is 16.3 Å². The van der Waals surface area contributed by atoms with E-state index in [4.69, 9.17) is 5.21 Å². The smallest absolute Gasteiger partial charge is 0.267 e. The van der Waals surface area contributed by atoms with E-state index in [1.807, 2.05) is 49.3 Å². The number of hydrogen-bond donors (Lipinski definition) is 3. The van der Waals surface area contributed by atoms with Gasteiger partial charge >= 0.3 is 0 Å². The molecule has 184 valence electrons. The average molecular weight is 522 g/mol. The minimum atomic E-state index is -3.82. The van der Waals surface area contributed by atoms with E-state index in [0.29, 0.717) is 17.1 Å². The molecule has 0 saturated carbocycles. The fourth-order valence-corrected chi connectivity index (χ4v) is 5.24. The zero-order valence-corrected chi connectivity index (χ0v) is 21.0. The summed E-state index contributed by atoms with van der Waals surface area (Å²) in [6, 6.07) is 20.8. The number of rotatable bonds is 8. The van der Waals surface area contributed by atoms with Crippen LogP contribution < -0.4 is 15.1 Å². The monoisotopic (exact) mass is 521 g/mol. The van der Waals surface area contributed by atoms with Gasteiger partial charge in [-0.2, -0.15) is 10.2 Å². The summed E-state index contributed by atoms with van der Waals surface area (Å²) in [6.45, 7) is 0. The first-order valence-corrected chi connectivity index (χ1v) is 13.0. The van der Waals surface area contributed by atoms with Crippen molar-refractivity contribution in [3.8, 4) is 0 Å². The van der Waals surface area contributed by atoms with Gasteiger partial charge in [0.1, 0.15) is 0 Å². The van der Waals surface area contributed by atoms with Crippen LogP contribution in [0, 0.1) is 0 Å². The number of thiophene rings is 1. The number of azo groups is 1. The largest absolute Gasteiger partial charge is 0.378 e. The topological polar surface area (TPSA) is 123 Å². The summed E-state index contributed by atoms with van der Waals surface area (Å²) in [6.07, 6.45) is 2.77. The van der Waals surface area contributed by atoms with E-state index in [2.05, 4.69) is 15.0 Å². The maximum atomic E-state index is 12.9. The third-order valence-electron chi connectivity index (χ3n) is 5.09. The number of hydrogen-bond acceptors (Lipinski definition) is 8. The van der Waals surface area contributed by atoms with Crippen LogP contribution >= 0.6 is 11.3 Å². The highest BCUT2D eigenvalue weighted by atomic mass is 32.2. The second-order valence-electron chi connectivity index (χ2n) is 7.92. The normalized spacial score (nSPS) is 11.9. The zero-order chi connectivity index (χ0) is 25.7. The fourth-order valence-electron chi connectivity index (χ4n) is 3.24. The lowest BCUT2D eigenvalue weighted by atomic mass is 10.2. The molecule has 0 radical (unpaired) electrons. The number of hydroxylamine groups is 1. The maximum absolute atomic E-state index is 12.9. The molecule has 0 bridgehead atoms. The Morgan fingerprint density at radius 3 is 2.19 bits per heavy atom. The molecule has 1 amide bonds. The summed E-state index contributed by atoms with van der Waals surface area (Å²) in [5.74, 6) is -0.632. The van der Waals surface area contributed by atoms with Gasteiger partial charge in [-0.3, -0.25) is 14.7 Å². The Bertz CT molecular complexity index is 1540. The van der Waals surface area contributed by atoms with Gasteiger partial charge in [-0.25, -0.2) is 13.9 Å².